The van der Waals surface area contributed by atoms with Gasteiger partial charge in [0.05, 0.1) is 25.3 Å². The zero-order valence-electron chi connectivity index (χ0n) is 19.0. The van der Waals surface area contributed by atoms with E-state index in [1.165, 1.54) is 0 Å². The lowest BCUT2D eigenvalue weighted by molar-refractivity contribution is 0.0696. The molecule has 9 nitrogen and oxygen atoms in total. The third kappa shape index (κ3) is 5.03. The van der Waals surface area contributed by atoms with Crippen molar-refractivity contribution in [2.75, 3.05) is 55.5 Å². The van der Waals surface area contributed by atoms with E-state index in [0.29, 0.717) is 22.7 Å². The van der Waals surface area contributed by atoms with Gasteiger partial charge in [0, 0.05) is 49.8 Å². The van der Waals surface area contributed by atoms with Gasteiger partial charge in [-0.3, -0.25) is 4.79 Å². The van der Waals surface area contributed by atoms with Gasteiger partial charge in [0.2, 0.25) is 0 Å². The molecule has 1 aromatic heterocycles. The number of rotatable bonds is 7. The molecule has 2 heterocycles. The smallest absolute Gasteiger partial charge is 0.335 e. The van der Waals surface area contributed by atoms with Crippen LogP contribution in [0.2, 0.25) is 0 Å². The van der Waals surface area contributed by atoms with Crippen molar-refractivity contribution in [3.8, 4) is 11.5 Å². The van der Waals surface area contributed by atoms with Gasteiger partial charge >= 0.3 is 5.97 Å². The normalized spacial score (nSPS) is 13.4. The van der Waals surface area contributed by atoms with Crippen molar-refractivity contribution in [1.82, 2.24) is 4.98 Å². The molecule has 0 unspecified atom stereocenters. The van der Waals surface area contributed by atoms with Crippen molar-refractivity contribution in [2.45, 2.75) is 0 Å². The number of amides is 1. The molecule has 0 radical (unpaired) electrons. The van der Waals surface area contributed by atoms with Crippen molar-refractivity contribution in [3.05, 3.63) is 71.9 Å². The van der Waals surface area contributed by atoms with Crippen LogP contribution in [0, 0.1) is 0 Å². The van der Waals surface area contributed by atoms with E-state index in [1.807, 2.05) is 18.2 Å². The van der Waals surface area contributed by atoms with Crippen LogP contribution in [0.5, 0.6) is 11.5 Å². The lowest BCUT2D eigenvalue weighted by Gasteiger charge is -2.36. The summed E-state index contributed by atoms with van der Waals surface area (Å²) >= 11 is 0. The number of nitrogens with zero attached hydrogens (tertiary/aromatic N) is 3. The van der Waals surface area contributed by atoms with Gasteiger partial charge in [-0.25, -0.2) is 9.78 Å². The van der Waals surface area contributed by atoms with E-state index in [2.05, 4.69) is 20.1 Å². The molecule has 0 aliphatic carbocycles. The van der Waals surface area contributed by atoms with Gasteiger partial charge in [-0.15, -0.1) is 0 Å². The molecule has 2 aromatic carbocycles. The topological polar surface area (TPSA) is 104 Å². The number of aromatic nitrogens is 1. The molecule has 0 bridgehead atoms. The number of methoxy groups -OCH3 is 2. The number of piperazine rings is 1. The first-order valence-electron chi connectivity index (χ1n) is 10.8. The maximum atomic E-state index is 12.6. The van der Waals surface area contributed by atoms with Crippen molar-refractivity contribution >= 4 is 29.1 Å². The van der Waals surface area contributed by atoms with Gasteiger partial charge in [-0.2, -0.15) is 0 Å². The number of anilines is 3. The SMILES string of the molecule is COc1ccc(NC(=O)c2ccc(N3CCN(c4ccc(C(=O)O)cc4)CC3)nc2)cc1OC. The Morgan fingerprint density at radius 2 is 1.50 bits per heavy atom. The van der Waals surface area contributed by atoms with Gasteiger partial charge in [-0.1, -0.05) is 0 Å². The summed E-state index contributed by atoms with van der Waals surface area (Å²) in [6.45, 7) is 3.11. The number of carbonyl (C=O) groups is 2. The van der Waals surface area contributed by atoms with Gasteiger partial charge in [0.25, 0.3) is 5.91 Å². The Labute approximate surface area is 197 Å². The number of pyridine rings is 1. The second kappa shape index (κ2) is 10.1. The Morgan fingerprint density at radius 3 is 2.09 bits per heavy atom. The zero-order valence-corrected chi connectivity index (χ0v) is 19.0. The molecule has 1 fully saturated rings. The molecular weight excluding hydrogens is 436 g/mol. The first-order chi connectivity index (χ1) is 16.5. The Morgan fingerprint density at radius 1 is 0.853 bits per heavy atom. The standard InChI is InChI=1S/C25H26N4O5/c1-33-21-9-6-19(15-22(21)34-2)27-24(30)18-5-10-23(26-16-18)29-13-11-28(12-14-29)20-7-3-17(4-8-20)25(31)32/h3-10,15-16H,11-14H2,1-2H3,(H,27,30)(H,31,32). The van der Waals surface area contributed by atoms with Crippen LogP contribution in [0.15, 0.2) is 60.8 Å². The quantitative estimate of drug-likeness (QED) is 0.551. The van der Waals surface area contributed by atoms with Crippen molar-refractivity contribution in [2.24, 2.45) is 0 Å². The number of carbonyl (C=O) groups excluding carboxylic acids is 1. The summed E-state index contributed by atoms with van der Waals surface area (Å²) in [5.74, 6) is 0.738. The number of carboxylic acids is 1. The summed E-state index contributed by atoms with van der Waals surface area (Å²) in [6.07, 6.45) is 1.57. The summed E-state index contributed by atoms with van der Waals surface area (Å²) in [4.78, 5) is 32.5. The van der Waals surface area contributed by atoms with Crippen LogP contribution >= 0.6 is 0 Å². The van der Waals surface area contributed by atoms with E-state index in [-0.39, 0.29) is 11.5 Å². The number of carboxylic acid groups (broad SMARTS) is 1. The van der Waals surface area contributed by atoms with Crippen molar-refractivity contribution in [3.63, 3.8) is 0 Å². The second-order valence-electron chi connectivity index (χ2n) is 7.76. The number of benzene rings is 2. The minimum Gasteiger partial charge on any atom is -0.493 e. The molecule has 0 spiro atoms. The third-order valence-corrected chi connectivity index (χ3v) is 5.73. The van der Waals surface area contributed by atoms with Gasteiger partial charge in [0.15, 0.2) is 11.5 Å². The van der Waals surface area contributed by atoms with Crippen LogP contribution in [0.4, 0.5) is 17.2 Å². The van der Waals surface area contributed by atoms with E-state index in [9.17, 15) is 9.59 Å². The van der Waals surface area contributed by atoms with Gasteiger partial charge < -0.3 is 29.7 Å². The highest BCUT2D eigenvalue weighted by atomic mass is 16.5. The summed E-state index contributed by atoms with van der Waals surface area (Å²) in [6, 6.07) is 15.7. The lowest BCUT2D eigenvalue weighted by atomic mass is 10.2. The maximum absolute atomic E-state index is 12.6. The fourth-order valence-electron chi connectivity index (χ4n) is 3.83. The number of aromatic carboxylic acids is 1. The fraction of sp³-hybridized carbons (Fsp3) is 0.240. The Kier molecular flexibility index (Phi) is 6.82. The van der Waals surface area contributed by atoms with Crippen LogP contribution < -0.4 is 24.6 Å². The third-order valence-electron chi connectivity index (χ3n) is 5.73. The molecule has 1 saturated heterocycles. The molecule has 1 amide bonds. The molecule has 0 atom stereocenters. The lowest BCUT2D eigenvalue weighted by Crippen LogP contribution is -2.46. The molecule has 1 aliphatic heterocycles. The summed E-state index contributed by atoms with van der Waals surface area (Å²) < 4.78 is 10.5. The monoisotopic (exact) mass is 462 g/mol. The highest BCUT2D eigenvalue weighted by Crippen LogP contribution is 2.30. The first-order valence-corrected chi connectivity index (χ1v) is 10.8. The van der Waals surface area contributed by atoms with Gasteiger partial charge in [0.1, 0.15) is 5.82 Å². The predicted octanol–water partition coefficient (Wildman–Crippen LogP) is 3.38. The van der Waals surface area contributed by atoms with Crippen LogP contribution in [0.1, 0.15) is 20.7 Å². The molecule has 0 saturated carbocycles. The van der Waals surface area contributed by atoms with Crippen LogP contribution in [0.25, 0.3) is 0 Å². The number of ether oxygens (including phenoxy) is 2. The summed E-state index contributed by atoms with van der Waals surface area (Å²) in [5, 5.41) is 11.9. The highest BCUT2D eigenvalue weighted by Gasteiger charge is 2.19. The van der Waals surface area contributed by atoms with E-state index < -0.39 is 5.97 Å². The predicted molar refractivity (Wildman–Crippen MR) is 130 cm³/mol. The Bertz CT molecular complexity index is 1160. The average Bonchev–Trinajstić information content (AvgIpc) is 2.89. The molecule has 34 heavy (non-hydrogen) atoms. The average molecular weight is 463 g/mol. The van der Waals surface area contributed by atoms with Crippen LogP contribution in [-0.2, 0) is 0 Å². The number of hydrogen-bond acceptors (Lipinski definition) is 7. The Hall–Kier alpha value is -4.27. The van der Waals surface area contributed by atoms with E-state index >= 15 is 0 Å². The van der Waals surface area contributed by atoms with E-state index in [1.54, 1.807) is 56.8 Å². The number of hydrogen-bond donors (Lipinski definition) is 2. The fourth-order valence-corrected chi connectivity index (χ4v) is 3.83. The minimum absolute atomic E-state index is 0.263. The first kappa shape index (κ1) is 22.9. The largest absolute Gasteiger partial charge is 0.493 e. The maximum Gasteiger partial charge on any atom is 0.335 e. The number of nitrogens with one attached hydrogen (secondary N) is 1. The van der Waals surface area contributed by atoms with Crippen LogP contribution in [0.3, 0.4) is 0 Å². The summed E-state index contributed by atoms with van der Waals surface area (Å²) in [5.41, 5.74) is 2.33. The highest BCUT2D eigenvalue weighted by molar-refractivity contribution is 6.04. The Balaban J connectivity index is 1.35. The van der Waals surface area contributed by atoms with E-state index in [4.69, 9.17) is 14.6 Å². The molecule has 3 aromatic rings. The van der Waals surface area contributed by atoms with Crippen molar-refractivity contribution in [1.29, 1.82) is 0 Å². The molecule has 9 heteroatoms. The minimum atomic E-state index is -0.928. The molecule has 1 aliphatic rings. The molecule has 4 rings (SSSR count). The van der Waals surface area contributed by atoms with Gasteiger partial charge in [-0.05, 0) is 48.5 Å². The zero-order chi connectivity index (χ0) is 24.1. The van der Waals surface area contributed by atoms with Crippen molar-refractivity contribution < 1.29 is 24.2 Å². The van der Waals surface area contributed by atoms with E-state index in [0.717, 1.165) is 37.7 Å². The molecule has 176 valence electrons. The van der Waals surface area contributed by atoms with Crippen LogP contribution in [-0.4, -0.2) is 62.4 Å². The summed E-state index contributed by atoms with van der Waals surface area (Å²) in [7, 11) is 3.10. The molecular formula is C25H26N4O5. The second-order valence-corrected chi connectivity index (χ2v) is 7.76. The molecule has 2 N–H and O–H groups in total.